The summed E-state index contributed by atoms with van der Waals surface area (Å²) in [4.78, 5) is 2.16. The van der Waals surface area contributed by atoms with E-state index in [0.717, 1.165) is 13.0 Å². The van der Waals surface area contributed by atoms with Crippen LogP contribution in [0.2, 0.25) is 0 Å². The molecular weight excluding hydrogens is 193 g/mol. The van der Waals surface area contributed by atoms with Crippen LogP contribution in [0, 0.1) is 0 Å². The summed E-state index contributed by atoms with van der Waals surface area (Å²) in [5.41, 5.74) is 2.85. The van der Waals surface area contributed by atoms with Gasteiger partial charge in [0.2, 0.25) is 0 Å². The van der Waals surface area contributed by atoms with Gasteiger partial charge in [-0.15, -0.1) is 0 Å². The number of rotatable bonds is 1. The third-order valence-corrected chi connectivity index (χ3v) is 4.37. The van der Waals surface area contributed by atoms with Gasteiger partial charge in [-0.1, -0.05) is 11.1 Å². The van der Waals surface area contributed by atoms with Crippen LogP contribution in [-0.4, -0.2) is 41.4 Å². The lowest BCUT2D eigenvalue weighted by Gasteiger charge is -2.28. The quantitative estimate of drug-likeness (QED) is 0.667. The highest BCUT2D eigenvalue weighted by Crippen LogP contribution is 2.45. The van der Waals surface area contributed by atoms with Gasteiger partial charge in [-0.2, -0.15) is 0 Å². The summed E-state index contributed by atoms with van der Waals surface area (Å²) >= 11 is 0. The second kappa shape index (κ2) is 3.29. The van der Waals surface area contributed by atoms with Crippen LogP contribution >= 0.6 is 0 Å². The molecule has 1 aliphatic carbocycles. The average molecular weight is 211 g/mol. The van der Waals surface area contributed by atoms with Gasteiger partial charge in [-0.25, -0.2) is 4.39 Å². The van der Waals surface area contributed by atoms with Crippen molar-refractivity contribution in [1.82, 2.24) is 4.90 Å². The molecule has 0 aromatic heterocycles. The zero-order valence-corrected chi connectivity index (χ0v) is 9.01. The fourth-order valence-electron chi connectivity index (χ4n) is 3.30. The van der Waals surface area contributed by atoms with E-state index in [4.69, 9.17) is 0 Å². The third-order valence-electron chi connectivity index (χ3n) is 4.37. The number of hydrogen-bond donors (Lipinski definition) is 1. The smallest absolute Gasteiger partial charge is 0.115 e. The molecule has 1 N–H and O–H groups in total. The van der Waals surface area contributed by atoms with Crippen molar-refractivity contribution in [2.45, 2.75) is 43.8 Å². The van der Waals surface area contributed by atoms with E-state index in [2.05, 4.69) is 4.90 Å². The zero-order valence-electron chi connectivity index (χ0n) is 9.01. The topological polar surface area (TPSA) is 23.5 Å². The minimum Gasteiger partial charge on any atom is -0.394 e. The van der Waals surface area contributed by atoms with Gasteiger partial charge in [0, 0.05) is 19.5 Å². The van der Waals surface area contributed by atoms with Gasteiger partial charge in [-0.3, -0.25) is 4.90 Å². The maximum Gasteiger partial charge on any atom is 0.115 e. The number of alkyl halides is 1. The first-order valence-electron chi connectivity index (χ1n) is 5.93. The first kappa shape index (κ1) is 9.79. The Balaban J connectivity index is 1.84. The van der Waals surface area contributed by atoms with Gasteiger partial charge in [0.25, 0.3) is 0 Å². The van der Waals surface area contributed by atoms with Gasteiger partial charge < -0.3 is 5.11 Å². The zero-order chi connectivity index (χ0) is 10.5. The van der Waals surface area contributed by atoms with E-state index >= 15 is 0 Å². The molecule has 0 aromatic carbocycles. The molecule has 3 rings (SSSR count). The molecule has 3 fully saturated rings. The summed E-state index contributed by atoms with van der Waals surface area (Å²) < 4.78 is 13.3. The summed E-state index contributed by atoms with van der Waals surface area (Å²) in [6.45, 7) is 1.55. The molecule has 2 heterocycles. The summed E-state index contributed by atoms with van der Waals surface area (Å²) in [5.74, 6) is 0. The lowest BCUT2D eigenvalue weighted by molar-refractivity contribution is 0.0997. The molecule has 0 bridgehead atoms. The van der Waals surface area contributed by atoms with E-state index in [1.807, 2.05) is 0 Å². The van der Waals surface area contributed by atoms with Crippen molar-refractivity contribution in [3.05, 3.63) is 11.1 Å². The van der Waals surface area contributed by atoms with Crippen molar-refractivity contribution in [3.8, 4) is 0 Å². The number of aliphatic hydroxyl groups excluding tert-OH is 1. The van der Waals surface area contributed by atoms with Crippen LogP contribution in [-0.2, 0) is 0 Å². The van der Waals surface area contributed by atoms with Crippen molar-refractivity contribution in [2.24, 2.45) is 0 Å². The highest BCUT2D eigenvalue weighted by Gasteiger charge is 2.50. The molecule has 1 saturated carbocycles. The second-order valence-corrected chi connectivity index (χ2v) is 5.30. The Kier molecular flexibility index (Phi) is 2.15. The highest BCUT2D eigenvalue weighted by molar-refractivity contribution is 5.29. The van der Waals surface area contributed by atoms with Crippen LogP contribution in [0.3, 0.4) is 0 Å². The van der Waals surface area contributed by atoms with E-state index in [1.54, 1.807) is 5.57 Å². The highest BCUT2D eigenvalue weighted by atomic mass is 19.1. The van der Waals surface area contributed by atoms with Gasteiger partial charge in [0.1, 0.15) is 6.17 Å². The van der Waals surface area contributed by atoms with Gasteiger partial charge in [0.05, 0.1) is 12.1 Å². The summed E-state index contributed by atoms with van der Waals surface area (Å²) in [7, 11) is 0. The van der Waals surface area contributed by atoms with E-state index in [-0.39, 0.29) is 12.1 Å². The standard InChI is InChI=1S/C12H18FNO/c13-11-5-12(8-15)4-10(6-14(12)7-11)9-2-1-3-9/h11,15H,1-8H2/t11-,12-/m1/s1. The first-order valence-corrected chi connectivity index (χ1v) is 5.93. The minimum atomic E-state index is -0.731. The van der Waals surface area contributed by atoms with Crippen molar-refractivity contribution in [2.75, 3.05) is 19.7 Å². The molecule has 3 heteroatoms. The second-order valence-electron chi connectivity index (χ2n) is 5.30. The fraction of sp³-hybridized carbons (Fsp3) is 0.833. The number of hydrogen-bond acceptors (Lipinski definition) is 2. The Morgan fingerprint density at radius 2 is 2.20 bits per heavy atom. The van der Waals surface area contributed by atoms with Crippen LogP contribution in [0.25, 0.3) is 0 Å². The largest absolute Gasteiger partial charge is 0.394 e. The number of aliphatic hydroxyl groups is 1. The van der Waals surface area contributed by atoms with Crippen LogP contribution in [0.5, 0.6) is 0 Å². The summed E-state index contributed by atoms with van der Waals surface area (Å²) in [6, 6.07) is 0. The fourth-order valence-corrected chi connectivity index (χ4v) is 3.30. The molecule has 2 saturated heterocycles. The Morgan fingerprint density at radius 1 is 1.40 bits per heavy atom. The normalized spacial score (nSPS) is 40.8. The summed E-state index contributed by atoms with van der Waals surface area (Å²) in [5, 5.41) is 9.50. The number of halogens is 1. The maximum atomic E-state index is 13.3. The lowest BCUT2D eigenvalue weighted by Crippen LogP contribution is -2.41. The van der Waals surface area contributed by atoms with Crippen LogP contribution < -0.4 is 0 Å². The molecule has 0 aromatic rings. The Labute approximate surface area is 89.8 Å². The van der Waals surface area contributed by atoms with Crippen molar-refractivity contribution in [1.29, 1.82) is 0 Å². The monoisotopic (exact) mass is 211 g/mol. The molecule has 15 heavy (non-hydrogen) atoms. The molecule has 0 unspecified atom stereocenters. The van der Waals surface area contributed by atoms with Gasteiger partial charge >= 0.3 is 0 Å². The molecule has 2 aliphatic heterocycles. The Morgan fingerprint density at radius 3 is 2.73 bits per heavy atom. The van der Waals surface area contributed by atoms with Crippen molar-refractivity contribution < 1.29 is 9.50 Å². The Bertz CT molecular complexity index is 309. The average Bonchev–Trinajstić information content (AvgIpc) is 2.54. The molecule has 2 atom stereocenters. The molecule has 0 amide bonds. The predicted molar refractivity (Wildman–Crippen MR) is 56.4 cm³/mol. The number of allylic oxidation sites excluding steroid dienone is 1. The predicted octanol–water partition coefficient (Wildman–Crippen LogP) is 1.65. The molecular formula is C12H18FNO. The van der Waals surface area contributed by atoms with Crippen molar-refractivity contribution in [3.63, 3.8) is 0 Å². The van der Waals surface area contributed by atoms with Crippen LogP contribution in [0.15, 0.2) is 11.1 Å². The van der Waals surface area contributed by atoms with Crippen LogP contribution in [0.1, 0.15) is 32.1 Å². The Hall–Kier alpha value is -0.410. The third kappa shape index (κ3) is 1.36. The maximum absolute atomic E-state index is 13.3. The number of fused-ring (bicyclic) bond motifs is 1. The number of nitrogens with zero attached hydrogens (tertiary/aromatic N) is 1. The molecule has 0 spiro atoms. The minimum absolute atomic E-state index is 0.115. The molecule has 2 nitrogen and oxygen atoms in total. The van der Waals surface area contributed by atoms with E-state index < -0.39 is 6.17 Å². The van der Waals surface area contributed by atoms with Crippen molar-refractivity contribution >= 4 is 0 Å². The first-order chi connectivity index (χ1) is 7.23. The van der Waals surface area contributed by atoms with Gasteiger partial charge in [0.15, 0.2) is 0 Å². The molecule has 0 radical (unpaired) electrons. The van der Waals surface area contributed by atoms with Gasteiger partial charge in [-0.05, 0) is 25.7 Å². The SMILES string of the molecule is OC[C@]12CC(=C3CCC3)CN1C[C@H](F)C2. The van der Waals surface area contributed by atoms with E-state index in [1.165, 1.54) is 24.8 Å². The molecule has 3 aliphatic rings. The molecule has 84 valence electrons. The van der Waals surface area contributed by atoms with Crippen LogP contribution in [0.4, 0.5) is 4.39 Å². The van der Waals surface area contributed by atoms with E-state index in [9.17, 15) is 9.50 Å². The lowest BCUT2D eigenvalue weighted by atomic mass is 9.84. The summed E-state index contributed by atoms with van der Waals surface area (Å²) in [6.07, 6.45) is 4.51. The van der Waals surface area contributed by atoms with E-state index in [0.29, 0.717) is 13.0 Å².